The Hall–Kier alpha value is -4.34. The van der Waals surface area contributed by atoms with Crippen molar-refractivity contribution < 1.29 is 24.2 Å². The number of ether oxygens (including phenoxy) is 1. The molecule has 0 radical (unpaired) electrons. The zero-order valence-corrected chi connectivity index (χ0v) is 21.2. The van der Waals surface area contributed by atoms with E-state index in [1.54, 1.807) is 31.4 Å². The van der Waals surface area contributed by atoms with Gasteiger partial charge in [0, 0.05) is 36.8 Å². The van der Waals surface area contributed by atoms with Crippen LogP contribution in [0.25, 0.3) is 0 Å². The molecule has 0 bridgehead atoms. The molecule has 0 fully saturated rings. The number of amides is 3. The summed E-state index contributed by atoms with van der Waals surface area (Å²) in [7, 11) is 1.56. The van der Waals surface area contributed by atoms with Gasteiger partial charge in [-0.25, -0.2) is 9.78 Å². The maximum atomic E-state index is 13.6. The van der Waals surface area contributed by atoms with E-state index in [0.717, 1.165) is 11.1 Å². The quantitative estimate of drug-likeness (QED) is 0.298. The molecule has 3 aromatic rings. The van der Waals surface area contributed by atoms with Crippen LogP contribution in [-0.4, -0.2) is 64.1 Å². The summed E-state index contributed by atoms with van der Waals surface area (Å²) >= 11 is 0. The van der Waals surface area contributed by atoms with E-state index in [1.165, 1.54) is 17.4 Å². The molecular weight excluding hydrogens is 474 g/mol. The van der Waals surface area contributed by atoms with Gasteiger partial charge in [-0.1, -0.05) is 56.3 Å². The van der Waals surface area contributed by atoms with Crippen molar-refractivity contribution in [3.05, 3.63) is 83.9 Å². The maximum absolute atomic E-state index is 13.6. The van der Waals surface area contributed by atoms with E-state index >= 15 is 0 Å². The number of carboxylic acid groups (broad SMARTS) is 1. The Kier molecular flexibility index (Phi) is 9.26. The SMILES string of the molecule is COc1ccc(CN(CC(=O)NCC(C)(C)c2ccccc2)C(=O)C(Cc2cnc[nH]2)NC(=O)O)cc1. The minimum atomic E-state index is -1.34. The van der Waals surface area contributed by atoms with Gasteiger partial charge in [-0.3, -0.25) is 9.59 Å². The van der Waals surface area contributed by atoms with Crippen LogP contribution in [0, 0.1) is 0 Å². The van der Waals surface area contributed by atoms with Crippen LogP contribution in [0.2, 0.25) is 0 Å². The topological polar surface area (TPSA) is 137 Å². The Balaban J connectivity index is 1.77. The Morgan fingerprint density at radius 3 is 2.41 bits per heavy atom. The van der Waals surface area contributed by atoms with Crippen molar-refractivity contribution in [2.24, 2.45) is 0 Å². The van der Waals surface area contributed by atoms with E-state index < -0.39 is 18.0 Å². The van der Waals surface area contributed by atoms with Gasteiger partial charge in [-0.15, -0.1) is 0 Å². The van der Waals surface area contributed by atoms with Gasteiger partial charge < -0.3 is 30.4 Å². The molecule has 1 unspecified atom stereocenters. The number of rotatable bonds is 12. The average molecular weight is 508 g/mol. The maximum Gasteiger partial charge on any atom is 0.405 e. The average Bonchev–Trinajstić information content (AvgIpc) is 3.40. The molecule has 0 aliphatic heterocycles. The molecule has 37 heavy (non-hydrogen) atoms. The Labute approximate surface area is 216 Å². The van der Waals surface area contributed by atoms with Crippen LogP contribution in [0.5, 0.6) is 5.75 Å². The Morgan fingerprint density at radius 2 is 1.81 bits per heavy atom. The van der Waals surface area contributed by atoms with Crippen molar-refractivity contribution >= 4 is 17.9 Å². The van der Waals surface area contributed by atoms with Gasteiger partial charge in [0.25, 0.3) is 0 Å². The number of imidazole rings is 1. The number of H-pyrrole nitrogens is 1. The third-order valence-corrected chi connectivity index (χ3v) is 6.04. The summed E-state index contributed by atoms with van der Waals surface area (Å²) in [6, 6.07) is 15.8. The lowest BCUT2D eigenvalue weighted by atomic mass is 9.84. The molecule has 3 amide bonds. The molecule has 0 aliphatic carbocycles. The number of hydrogen-bond donors (Lipinski definition) is 4. The first kappa shape index (κ1) is 27.3. The largest absolute Gasteiger partial charge is 0.497 e. The summed E-state index contributed by atoms with van der Waals surface area (Å²) in [4.78, 5) is 46.2. The minimum absolute atomic E-state index is 0.0624. The molecule has 1 atom stereocenters. The van der Waals surface area contributed by atoms with Crippen LogP contribution in [0.4, 0.5) is 4.79 Å². The molecule has 1 aromatic heterocycles. The summed E-state index contributed by atoms with van der Waals surface area (Å²) in [5.41, 5.74) is 2.11. The van der Waals surface area contributed by atoms with Crippen LogP contribution in [-0.2, 0) is 28.0 Å². The molecule has 0 saturated carbocycles. The van der Waals surface area contributed by atoms with Crippen LogP contribution >= 0.6 is 0 Å². The minimum Gasteiger partial charge on any atom is -0.497 e. The van der Waals surface area contributed by atoms with Crippen LogP contribution in [0.15, 0.2) is 67.1 Å². The van der Waals surface area contributed by atoms with E-state index in [9.17, 15) is 19.5 Å². The lowest BCUT2D eigenvalue weighted by Gasteiger charge is -2.29. The predicted octanol–water partition coefficient (Wildman–Crippen LogP) is 2.72. The first-order valence-corrected chi connectivity index (χ1v) is 11.9. The van der Waals surface area contributed by atoms with Crippen molar-refractivity contribution in [1.29, 1.82) is 0 Å². The second-order valence-electron chi connectivity index (χ2n) is 9.35. The van der Waals surface area contributed by atoms with Gasteiger partial charge in [0.2, 0.25) is 11.8 Å². The first-order chi connectivity index (χ1) is 17.7. The van der Waals surface area contributed by atoms with Gasteiger partial charge in [-0.05, 0) is 23.3 Å². The van der Waals surface area contributed by atoms with Gasteiger partial charge in [-0.2, -0.15) is 0 Å². The number of carbonyl (C=O) groups excluding carboxylic acids is 2. The highest BCUT2D eigenvalue weighted by molar-refractivity contribution is 5.89. The number of hydrogen-bond acceptors (Lipinski definition) is 5. The van der Waals surface area contributed by atoms with Crippen molar-refractivity contribution in [3.8, 4) is 5.75 Å². The van der Waals surface area contributed by atoms with Crippen molar-refractivity contribution in [3.63, 3.8) is 0 Å². The third-order valence-electron chi connectivity index (χ3n) is 6.04. The van der Waals surface area contributed by atoms with Crippen LogP contribution < -0.4 is 15.4 Å². The second kappa shape index (κ2) is 12.6. The van der Waals surface area contributed by atoms with E-state index in [1.807, 2.05) is 44.2 Å². The zero-order chi connectivity index (χ0) is 26.8. The second-order valence-corrected chi connectivity index (χ2v) is 9.35. The number of carbonyl (C=O) groups is 3. The highest BCUT2D eigenvalue weighted by atomic mass is 16.5. The van der Waals surface area contributed by atoms with Gasteiger partial charge in [0.15, 0.2) is 0 Å². The van der Waals surface area contributed by atoms with Crippen molar-refractivity contribution in [1.82, 2.24) is 25.5 Å². The number of aromatic nitrogens is 2. The standard InChI is InChI=1S/C27H33N5O5/c1-27(2,20-7-5-4-6-8-20)17-29-24(33)16-32(15-19-9-11-22(37-3)12-10-19)25(34)23(31-26(35)36)13-21-14-28-18-30-21/h4-12,14,18,23,31H,13,15-17H2,1-3H3,(H,28,30)(H,29,33)(H,35,36). The Bertz CT molecular complexity index is 1160. The molecule has 0 aliphatic rings. The summed E-state index contributed by atoms with van der Waals surface area (Å²) in [5, 5.41) is 14.6. The van der Waals surface area contributed by atoms with Crippen molar-refractivity contribution in [2.45, 2.75) is 38.3 Å². The number of methoxy groups -OCH3 is 1. The lowest BCUT2D eigenvalue weighted by molar-refractivity contribution is -0.138. The van der Waals surface area contributed by atoms with E-state index in [2.05, 4.69) is 20.6 Å². The fourth-order valence-corrected chi connectivity index (χ4v) is 3.89. The number of aromatic amines is 1. The monoisotopic (exact) mass is 507 g/mol. The summed E-state index contributed by atoms with van der Waals surface area (Å²) in [5.74, 6) is -0.209. The number of nitrogens with zero attached hydrogens (tertiary/aromatic N) is 2. The normalized spacial score (nSPS) is 11.9. The molecule has 10 heteroatoms. The molecular formula is C27H33N5O5. The molecule has 4 N–H and O–H groups in total. The third kappa shape index (κ3) is 8.09. The van der Waals surface area contributed by atoms with Gasteiger partial charge in [0.1, 0.15) is 11.8 Å². The van der Waals surface area contributed by atoms with E-state index in [4.69, 9.17) is 4.74 Å². The smallest absolute Gasteiger partial charge is 0.405 e. The predicted molar refractivity (Wildman–Crippen MR) is 138 cm³/mol. The molecule has 3 rings (SSSR count). The summed E-state index contributed by atoms with van der Waals surface area (Å²) in [6.45, 7) is 4.29. The number of benzene rings is 2. The summed E-state index contributed by atoms with van der Waals surface area (Å²) < 4.78 is 5.20. The van der Waals surface area contributed by atoms with E-state index in [-0.39, 0.29) is 30.8 Å². The van der Waals surface area contributed by atoms with Crippen LogP contribution in [0.1, 0.15) is 30.7 Å². The lowest BCUT2D eigenvalue weighted by Crippen LogP contribution is -2.52. The van der Waals surface area contributed by atoms with Crippen molar-refractivity contribution in [2.75, 3.05) is 20.2 Å². The van der Waals surface area contributed by atoms with Gasteiger partial charge >= 0.3 is 6.09 Å². The molecule has 0 saturated heterocycles. The Morgan fingerprint density at radius 1 is 1.11 bits per heavy atom. The zero-order valence-electron chi connectivity index (χ0n) is 21.2. The molecule has 2 aromatic carbocycles. The number of nitrogens with one attached hydrogen (secondary N) is 3. The molecule has 1 heterocycles. The van der Waals surface area contributed by atoms with Gasteiger partial charge in [0.05, 0.1) is 20.0 Å². The fourth-order valence-electron chi connectivity index (χ4n) is 3.89. The summed E-state index contributed by atoms with van der Waals surface area (Å²) in [6.07, 6.45) is 1.70. The first-order valence-electron chi connectivity index (χ1n) is 11.9. The fraction of sp³-hybridized carbons (Fsp3) is 0.333. The van der Waals surface area contributed by atoms with E-state index in [0.29, 0.717) is 18.0 Å². The molecule has 196 valence electrons. The molecule has 0 spiro atoms. The highest BCUT2D eigenvalue weighted by Crippen LogP contribution is 2.21. The molecule has 10 nitrogen and oxygen atoms in total. The van der Waals surface area contributed by atoms with Crippen LogP contribution in [0.3, 0.4) is 0 Å². The highest BCUT2D eigenvalue weighted by Gasteiger charge is 2.29.